The Kier molecular flexibility index (Phi) is 10.6. The van der Waals surface area contributed by atoms with Crippen LogP contribution in [0.25, 0.3) is 0 Å². The number of Topliss-reactive ketones (excluding diaryl/α,β-unsaturated/α-hetero) is 1. The first-order valence-electron chi connectivity index (χ1n) is 5.19. The van der Waals surface area contributed by atoms with E-state index in [-0.39, 0.29) is 19.0 Å². The van der Waals surface area contributed by atoms with Gasteiger partial charge in [-0.1, -0.05) is 21.6 Å². The van der Waals surface area contributed by atoms with Gasteiger partial charge in [-0.2, -0.15) is 0 Å². The van der Waals surface area contributed by atoms with Crippen LogP contribution in [0.5, 0.6) is 0 Å². The number of esters is 1. The van der Waals surface area contributed by atoms with Crippen LogP contribution in [0, 0.1) is 10.1 Å². The summed E-state index contributed by atoms with van der Waals surface area (Å²) >= 11 is 0. The summed E-state index contributed by atoms with van der Waals surface area (Å²) in [5.41, 5.74) is 0. The molecule has 0 aromatic heterocycles. The summed E-state index contributed by atoms with van der Waals surface area (Å²) in [5.74, 6) is 0.716. The highest BCUT2D eigenvalue weighted by molar-refractivity contribution is 8.76. The van der Waals surface area contributed by atoms with Gasteiger partial charge in [-0.3, -0.25) is 9.59 Å². The zero-order chi connectivity index (χ0) is 13.8. The van der Waals surface area contributed by atoms with E-state index in [9.17, 15) is 19.7 Å². The van der Waals surface area contributed by atoms with Gasteiger partial charge in [0.15, 0.2) is 5.78 Å². The monoisotopic (exact) mass is 297 g/mol. The highest BCUT2D eigenvalue weighted by Crippen LogP contribution is 2.22. The molecule has 0 aromatic carbocycles. The highest BCUT2D eigenvalue weighted by Gasteiger charge is 2.04. The van der Waals surface area contributed by atoms with Gasteiger partial charge in [-0.05, 0) is 6.42 Å². The van der Waals surface area contributed by atoms with Crippen LogP contribution in [0.1, 0.15) is 19.8 Å². The smallest absolute Gasteiger partial charge is 0.303 e. The van der Waals surface area contributed by atoms with Crippen LogP contribution in [0.3, 0.4) is 0 Å². The first-order valence-corrected chi connectivity index (χ1v) is 7.68. The van der Waals surface area contributed by atoms with Crippen LogP contribution in [-0.2, 0) is 19.2 Å². The van der Waals surface area contributed by atoms with E-state index in [4.69, 9.17) is 0 Å². The number of ether oxygens (including phenoxy) is 1. The quantitative estimate of drug-likeness (QED) is 0.186. The third-order valence-electron chi connectivity index (χ3n) is 1.57. The first kappa shape index (κ1) is 17.0. The standard InChI is InChI=1S/C9H15NO6S2/c1-8(11)15-7-9(12)3-2-5-17-18-6-4-16-10(13)14/h2-7H2,1H3. The molecule has 0 aromatic rings. The normalized spacial score (nSPS) is 9.83. The summed E-state index contributed by atoms with van der Waals surface area (Å²) in [6.45, 7) is 1.16. The number of nitrogens with zero attached hydrogens (tertiary/aromatic N) is 1. The van der Waals surface area contributed by atoms with Crippen molar-refractivity contribution < 1.29 is 24.3 Å². The predicted molar refractivity (Wildman–Crippen MR) is 68.7 cm³/mol. The lowest BCUT2D eigenvalue weighted by Crippen LogP contribution is -2.11. The molecule has 0 aliphatic carbocycles. The molecule has 0 amide bonds. The molecule has 0 saturated heterocycles. The first-order chi connectivity index (χ1) is 8.52. The number of hydrogen-bond acceptors (Lipinski definition) is 8. The topological polar surface area (TPSA) is 95.7 Å². The van der Waals surface area contributed by atoms with Crippen molar-refractivity contribution in [2.45, 2.75) is 19.8 Å². The average molecular weight is 297 g/mol. The van der Waals surface area contributed by atoms with Gasteiger partial charge in [-0.25, -0.2) is 0 Å². The van der Waals surface area contributed by atoms with Crippen LogP contribution >= 0.6 is 21.6 Å². The second-order valence-electron chi connectivity index (χ2n) is 3.12. The maximum atomic E-state index is 11.2. The van der Waals surface area contributed by atoms with E-state index in [2.05, 4.69) is 9.57 Å². The fourth-order valence-corrected chi connectivity index (χ4v) is 2.75. The summed E-state index contributed by atoms with van der Waals surface area (Å²) in [6, 6.07) is 0. The second kappa shape index (κ2) is 11.1. The highest BCUT2D eigenvalue weighted by atomic mass is 33.1. The van der Waals surface area contributed by atoms with E-state index in [0.29, 0.717) is 18.6 Å². The Labute approximate surface area is 112 Å². The van der Waals surface area contributed by atoms with Crippen LogP contribution in [0.2, 0.25) is 0 Å². The van der Waals surface area contributed by atoms with Gasteiger partial charge in [0.05, 0.1) is 0 Å². The van der Waals surface area contributed by atoms with Gasteiger partial charge in [0.2, 0.25) is 0 Å². The molecule has 18 heavy (non-hydrogen) atoms. The van der Waals surface area contributed by atoms with Crippen molar-refractivity contribution in [2.24, 2.45) is 0 Å². The van der Waals surface area contributed by atoms with E-state index in [1.54, 1.807) is 0 Å². The van der Waals surface area contributed by atoms with E-state index in [1.165, 1.54) is 28.5 Å². The van der Waals surface area contributed by atoms with Gasteiger partial charge < -0.3 is 9.57 Å². The van der Waals surface area contributed by atoms with Crippen LogP contribution in [-0.4, -0.2) is 41.6 Å². The van der Waals surface area contributed by atoms with E-state index in [1.807, 2.05) is 0 Å². The largest absolute Gasteiger partial charge is 0.458 e. The van der Waals surface area contributed by atoms with Crippen molar-refractivity contribution in [3.8, 4) is 0 Å². The van der Waals surface area contributed by atoms with Gasteiger partial charge in [-0.15, -0.1) is 10.1 Å². The maximum absolute atomic E-state index is 11.2. The minimum Gasteiger partial charge on any atom is -0.458 e. The molecule has 7 nitrogen and oxygen atoms in total. The molecule has 0 fully saturated rings. The zero-order valence-electron chi connectivity index (χ0n) is 9.96. The molecule has 0 spiro atoms. The van der Waals surface area contributed by atoms with Crippen molar-refractivity contribution >= 4 is 33.3 Å². The third-order valence-corrected chi connectivity index (χ3v) is 4.02. The molecule has 0 aliphatic rings. The molecular weight excluding hydrogens is 282 g/mol. The number of rotatable bonds is 11. The fraction of sp³-hybridized carbons (Fsp3) is 0.778. The summed E-state index contributed by atoms with van der Waals surface area (Å²) in [7, 11) is 2.98. The summed E-state index contributed by atoms with van der Waals surface area (Å²) in [5, 5.41) is 8.99. The van der Waals surface area contributed by atoms with Crippen molar-refractivity contribution in [1.29, 1.82) is 0 Å². The molecule has 0 N–H and O–H groups in total. The lowest BCUT2D eigenvalue weighted by Gasteiger charge is -2.02. The number of hydrogen-bond donors (Lipinski definition) is 0. The van der Waals surface area contributed by atoms with Crippen LogP contribution in [0.15, 0.2) is 0 Å². The van der Waals surface area contributed by atoms with Gasteiger partial charge >= 0.3 is 5.97 Å². The predicted octanol–water partition coefficient (Wildman–Crippen LogP) is 1.49. The molecule has 0 heterocycles. The number of carbonyl (C=O) groups excluding carboxylic acids is 2. The van der Waals surface area contributed by atoms with E-state index in [0.717, 1.165) is 5.75 Å². The zero-order valence-corrected chi connectivity index (χ0v) is 11.6. The Morgan fingerprint density at radius 2 is 1.94 bits per heavy atom. The molecule has 0 aliphatic heterocycles. The van der Waals surface area contributed by atoms with E-state index >= 15 is 0 Å². The van der Waals surface area contributed by atoms with Crippen molar-refractivity contribution in [2.75, 3.05) is 24.7 Å². The van der Waals surface area contributed by atoms with E-state index < -0.39 is 11.1 Å². The Balaban J connectivity index is 3.22. The minimum atomic E-state index is -0.821. The fourth-order valence-electron chi connectivity index (χ4n) is 0.846. The maximum Gasteiger partial charge on any atom is 0.303 e. The number of ketones is 1. The van der Waals surface area contributed by atoms with Crippen molar-refractivity contribution in [1.82, 2.24) is 0 Å². The minimum absolute atomic E-state index is 0.0655. The molecule has 0 rings (SSSR count). The summed E-state index contributed by atoms with van der Waals surface area (Å²) in [6.07, 6.45) is 1.06. The molecule has 104 valence electrons. The lowest BCUT2D eigenvalue weighted by molar-refractivity contribution is -0.756. The number of carbonyl (C=O) groups is 2. The Morgan fingerprint density at radius 3 is 2.56 bits per heavy atom. The summed E-state index contributed by atoms with van der Waals surface area (Å²) < 4.78 is 4.56. The Hall–Kier alpha value is -0.960. The van der Waals surface area contributed by atoms with Gasteiger partial charge in [0.25, 0.3) is 5.09 Å². The third kappa shape index (κ3) is 13.1. The van der Waals surface area contributed by atoms with Gasteiger partial charge in [0, 0.05) is 24.9 Å². The molecule has 0 atom stereocenters. The summed E-state index contributed by atoms with van der Waals surface area (Å²) in [4.78, 5) is 35.5. The molecule has 0 saturated carbocycles. The Morgan fingerprint density at radius 1 is 1.28 bits per heavy atom. The molecule has 9 heteroatoms. The molecular formula is C9H15NO6S2. The molecule has 0 bridgehead atoms. The average Bonchev–Trinajstić information content (AvgIpc) is 2.29. The van der Waals surface area contributed by atoms with Crippen LogP contribution in [0.4, 0.5) is 0 Å². The van der Waals surface area contributed by atoms with Crippen LogP contribution < -0.4 is 0 Å². The molecule has 0 radical (unpaired) electrons. The SMILES string of the molecule is CC(=O)OCC(=O)CCCSSCCO[N+](=O)[O-]. The Bertz CT molecular complexity index is 286. The lowest BCUT2D eigenvalue weighted by atomic mass is 10.2. The van der Waals surface area contributed by atoms with Gasteiger partial charge in [0.1, 0.15) is 13.2 Å². The van der Waals surface area contributed by atoms with Crippen molar-refractivity contribution in [3.05, 3.63) is 10.1 Å². The van der Waals surface area contributed by atoms with Crippen molar-refractivity contribution in [3.63, 3.8) is 0 Å². The second-order valence-corrected chi connectivity index (χ2v) is 5.83. The molecule has 0 unspecified atom stereocenters.